The lowest BCUT2D eigenvalue weighted by molar-refractivity contribution is -0.133. The van der Waals surface area contributed by atoms with Crippen molar-refractivity contribution in [1.82, 2.24) is 29.4 Å². The minimum Gasteiger partial charge on any atom is -0.323 e. The van der Waals surface area contributed by atoms with E-state index in [-0.39, 0.29) is 35.9 Å². The molecular weight excluding hydrogens is 380 g/mol. The van der Waals surface area contributed by atoms with E-state index in [1.165, 1.54) is 20.8 Å². The summed E-state index contributed by atoms with van der Waals surface area (Å²) in [7, 11) is 1.65. The number of carbonyl (C=O) groups is 2. The van der Waals surface area contributed by atoms with Gasteiger partial charge in [0.1, 0.15) is 10.2 Å². The largest absolute Gasteiger partial charge is 0.325 e. The van der Waals surface area contributed by atoms with E-state index in [2.05, 4.69) is 15.5 Å². The minimum absolute atomic E-state index is 0.0379. The zero-order valence-corrected chi connectivity index (χ0v) is 16.0. The monoisotopic (exact) mass is 398 g/mol. The first kappa shape index (κ1) is 16.2. The maximum absolute atomic E-state index is 13.3. The van der Waals surface area contributed by atoms with E-state index < -0.39 is 5.54 Å². The first-order chi connectivity index (χ1) is 13.5. The van der Waals surface area contributed by atoms with Gasteiger partial charge in [0.2, 0.25) is 5.78 Å². The Balaban J connectivity index is 1.45. The molecule has 28 heavy (non-hydrogen) atoms. The van der Waals surface area contributed by atoms with Crippen LogP contribution in [-0.2, 0) is 18.4 Å². The van der Waals surface area contributed by atoms with Gasteiger partial charge in [0.15, 0.2) is 5.82 Å². The topological polar surface area (TPSA) is 102 Å². The number of urea groups is 1. The van der Waals surface area contributed by atoms with Gasteiger partial charge in [0, 0.05) is 7.05 Å². The van der Waals surface area contributed by atoms with Crippen molar-refractivity contribution in [3.8, 4) is 0 Å². The van der Waals surface area contributed by atoms with E-state index in [4.69, 9.17) is 0 Å². The molecule has 0 bridgehead atoms. The normalized spacial score (nSPS) is 21.8. The van der Waals surface area contributed by atoms with Crippen molar-refractivity contribution in [2.75, 3.05) is 0 Å². The quantitative estimate of drug-likeness (QED) is 0.667. The molecular formula is C18H18N6O3S. The Hall–Kier alpha value is -2.75. The van der Waals surface area contributed by atoms with E-state index >= 15 is 0 Å². The lowest BCUT2D eigenvalue weighted by Gasteiger charge is -2.26. The molecule has 0 unspecified atom stereocenters. The van der Waals surface area contributed by atoms with Crippen molar-refractivity contribution < 1.29 is 9.59 Å². The summed E-state index contributed by atoms with van der Waals surface area (Å²) in [6.45, 7) is 0.0379. The number of thiophene rings is 1. The number of rotatable bonds is 4. The molecule has 3 aromatic heterocycles. The molecule has 4 heterocycles. The summed E-state index contributed by atoms with van der Waals surface area (Å²) in [6, 6.07) is 1.48. The Kier molecular flexibility index (Phi) is 3.01. The van der Waals surface area contributed by atoms with Crippen LogP contribution in [0.15, 0.2) is 16.2 Å². The van der Waals surface area contributed by atoms with Crippen molar-refractivity contribution in [2.45, 2.75) is 37.8 Å². The molecule has 1 N–H and O–H groups in total. The Morgan fingerprint density at radius 1 is 1.18 bits per heavy atom. The smallest absolute Gasteiger partial charge is 0.323 e. The Labute approximate surface area is 163 Å². The number of aromatic nitrogens is 4. The van der Waals surface area contributed by atoms with E-state index in [1.54, 1.807) is 11.4 Å². The molecule has 3 fully saturated rings. The van der Waals surface area contributed by atoms with Crippen LogP contribution in [0, 0.1) is 11.8 Å². The number of hydrogen-bond donors (Lipinski definition) is 1. The van der Waals surface area contributed by atoms with Crippen LogP contribution in [0.4, 0.5) is 4.79 Å². The molecule has 2 aliphatic carbocycles. The number of nitrogens with one attached hydrogen (secondary N) is 1. The van der Waals surface area contributed by atoms with Crippen LogP contribution in [0.1, 0.15) is 31.5 Å². The van der Waals surface area contributed by atoms with Gasteiger partial charge < -0.3 is 5.32 Å². The molecule has 10 heteroatoms. The third-order valence-electron chi connectivity index (χ3n) is 6.30. The van der Waals surface area contributed by atoms with Crippen molar-refractivity contribution >= 4 is 39.3 Å². The van der Waals surface area contributed by atoms with Gasteiger partial charge >= 0.3 is 6.03 Å². The third kappa shape index (κ3) is 1.93. The fraction of sp³-hybridized carbons (Fsp3) is 0.500. The highest BCUT2D eigenvalue weighted by atomic mass is 32.1. The predicted molar refractivity (Wildman–Crippen MR) is 101 cm³/mol. The summed E-state index contributed by atoms with van der Waals surface area (Å²) >= 11 is 1.35. The van der Waals surface area contributed by atoms with Gasteiger partial charge in [-0.15, -0.1) is 21.5 Å². The van der Waals surface area contributed by atoms with E-state index in [9.17, 15) is 14.4 Å². The zero-order valence-electron chi connectivity index (χ0n) is 15.2. The Bertz CT molecular complexity index is 1220. The number of hydrogen-bond acceptors (Lipinski definition) is 6. The number of nitrogens with zero attached hydrogens (tertiary/aromatic N) is 5. The van der Waals surface area contributed by atoms with Gasteiger partial charge in [0.05, 0.1) is 12.1 Å². The van der Waals surface area contributed by atoms with Gasteiger partial charge in [-0.25, -0.2) is 4.79 Å². The van der Waals surface area contributed by atoms with Crippen LogP contribution < -0.4 is 10.9 Å². The molecule has 0 aromatic carbocycles. The van der Waals surface area contributed by atoms with E-state index in [1.807, 2.05) is 11.4 Å². The lowest BCUT2D eigenvalue weighted by atomic mass is 9.87. The molecule has 0 spiro atoms. The maximum Gasteiger partial charge on any atom is 0.325 e. The average Bonchev–Trinajstić information content (AvgIpc) is 3.60. The van der Waals surface area contributed by atoms with Gasteiger partial charge in [-0.1, -0.05) is 0 Å². The Morgan fingerprint density at radius 3 is 2.57 bits per heavy atom. The van der Waals surface area contributed by atoms with E-state index in [0.29, 0.717) is 21.8 Å². The molecule has 1 saturated heterocycles. The molecule has 3 aliphatic rings. The second-order valence-electron chi connectivity index (χ2n) is 7.99. The number of imide groups is 1. The van der Waals surface area contributed by atoms with Crippen molar-refractivity contribution in [2.24, 2.45) is 18.9 Å². The molecule has 6 rings (SSSR count). The molecule has 0 radical (unpaired) electrons. The fourth-order valence-electron chi connectivity index (χ4n) is 4.62. The second-order valence-corrected chi connectivity index (χ2v) is 8.91. The first-order valence-corrected chi connectivity index (χ1v) is 10.3. The number of amides is 3. The Morgan fingerprint density at radius 2 is 1.89 bits per heavy atom. The molecule has 2 saturated carbocycles. The van der Waals surface area contributed by atoms with Crippen LogP contribution in [-0.4, -0.2) is 41.5 Å². The molecule has 3 amide bonds. The molecule has 3 aromatic rings. The van der Waals surface area contributed by atoms with Crippen molar-refractivity contribution in [1.29, 1.82) is 0 Å². The molecule has 0 atom stereocenters. The summed E-state index contributed by atoms with van der Waals surface area (Å²) < 4.78 is 3.81. The summed E-state index contributed by atoms with van der Waals surface area (Å²) in [5, 5.41) is 13.2. The second kappa shape index (κ2) is 5.19. The fourth-order valence-corrected chi connectivity index (χ4v) is 5.47. The van der Waals surface area contributed by atoms with Crippen LogP contribution in [0.25, 0.3) is 16.0 Å². The highest BCUT2D eigenvalue weighted by Crippen LogP contribution is 2.54. The first-order valence-electron chi connectivity index (χ1n) is 9.46. The average molecular weight is 398 g/mol. The predicted octanol–water partition coefficient (Wildman–Crippen LogP) is 1.25. The SMILES string of the molecule is Cn1c(=O)c2sccc2n2c(CN3C(=O)NC(C4CC4)(C4CC4)C3=O)nnc12. The van der Waals surface area contributed by atoms with Crippen LogP contribution in [0.3, 0.4) is 0 Å². The number of fused-ring (bicyclic) bond motifs is 3. The number of aryl methyl sites for hydroxylation is 1. The van der Waals surface area contributed by atoms with Gasteiger partial charge in [-0.2, -0.15) is 0 Å². The van der Waals surface area contributed by atoms with Crippen LogP contribution >= 0.6 is 11.3 Å². The zero-order chi connectivity index (χ0) is 19.2. The summed E-state index contributed by atoms with van der Waals surface area (Å²) in [4.78, 5) is 39.8. The van der Waals surface area contributed by atoms with Gasteiger partial charge in [-0.05, 0) is 49.0 Å². The van der Waals surface area contributed by atoms with E-state index in [0.717, 1.165) is 25.7 Å². The van der Waals surface area contributed by atoms with Crippen LogP contribution in [0.2, 0.25) is 0 Å². The molecule has 144 valence electrons. The summed E-state index contributed by atoms with van der Waals surface area (Å²) in [5.74, 6) is 1.24. The van der Waals surface area contributed by atoms with Gasteiger partial charge in [-0.3, -0.25) is 23.5 Å². The van der Waals surface area contributed by atoms with Crippen molar-refractivity contribution in [3.05, 3.63) is 27.6 Å². The summed E-state index contributed by atoms with van der Waals surface area (Å²) in [5.41, 5.74) is -0.152. The molecule has 9 nitrogen and oxygen atoms in total. The van der Waals surface area contributed by atoms with Crippen molar-refractivity contribution in [3.63, 3.8) is 0 Å². The highest BCUT2D eigenvalue weighted by molar-refractivity contribution is 7.17. The van der Waals surface area contributed by atoms with Gasteiger partial charge in [0.25, 0.3) is 11.5 Å². The highest BCUT2D eigenvalue weighted by Gasteiger charge is 2.65. The number of carbonyl (C=O) groups excluding carboxylic acids is 2. The summed E-state index contributed by atoms with van der Waals surface area (Å²) in [6.07, 6.45) is 3.95. The lowest BCUT2D eigenvalue weighted by Crippen LogP contribution is -2.51. The maximum atomic E-state index is 13.3. The standard InChI is InChI=1S/C18H18N6O3S/c1-22-14(25)13-11(6-7-28-13)24-12(20-21-16(22)24)8-23-15(26)18(9-2-3-9,10-4-5-10)19-17(23)27/h6-7,9-10H,2-5,8H2,1H3,(H,19,27). The molecule has 1 aliphatic heterocycles. The minimum atomic E-state index is -0.720. The van der Waals surface area contributed by atoms with Crippen LogP contribution in [0.5, 0.6) is 0 Å². The third-order valence-corrected chi connectivity index (χ3v) is 7.19.